The summed E-state index contributed by atoms with van der Waals surface area (Å²) in [6.07, 6.45) is 0.960. The van der Waals surface area contributed by atoms with E-state index >= 15 is 0 Å². The highest BCUT2D eigenvalue weighted by Crippen LogP contribution is 2.31. The van der Waals surface area contributed by atoms with Gasteiger partial charge in [-0.2, -0.15) is 0 Å². The largest absolute Gasteiger partial charge is 0.491 e. The molecule has 21 heavy (non-hydrogen) atoms. The summed E-state index contributed by atoms with van der Waals surface area (Å²) in [5.41, 5.74) is 11.1. The van der Waals surface area contributed by atoms with E-state index in [0.29, 0.717) is 12.3 Å². The number of rotatable bonds is 5. The Morgan fingerprint density at radius 2 is 1.81 bits per heavy atom. The van der Waals surface area contributed by atoms with Crippen molar-refractivity contribution in [3.8, 4) is 5.75 Å². The highest BCUT2D eigenvalue weighted by atomic mass is 79.9. The molecule has 0 atom stereocenters. The van der Waals surface area contributed by atoms with E-state index in [1.807, 2.05) is 18.2 Å². The number of benzene rings is 2. The van der Waals surface area contributed by atoms with Crippen molar-refractivity contribution in [3.63, 3.8) is 0 Å². The van der Waals surface area contributed by atoms with E-state index < -0.39 is 0 Å². The maximum absolute atomic E-state index is 5.94. The summed E-state index contributed by atoms with van der Waals surface area (Å²) in [7, 11) is 0. The molecule has 0 aliphatic rings. The molecular weight excluding hydrogens is 328 g/mol. The summed E-state index contributed by atoms with van der Waals surface area (Å²) in [5.74, 6) is 0.731. The molecule has 0 radical (unpaired) electrons. The zero-order chi connectivity index (χ0) is 15.4. The van der Waals surface area contributed by atoms with Crippen molar-refractivity contribution < 1.29 is 4.74 Å². The smallest absolute Gasteiger partial charge is 0.144 e. The van der Waals surface area contributed by atoms with Crippen LogP contribution in [-0.2, 0) is 0 Å². The number of hydrogen-bond acceptors (Lipinski definition) is 3. The fourth-order valence-corrected chi connectivity index (χ4v) is 2.89. The van der Waals surface area contributed by atoms with Crippen molar-refractivity contribution in [2.75, 3.05) is 17.7 Å². The first-order valence-electron chi connectivity index (χ1n) is 7.07. The average Bonchev–Trinajstić information content (AvgIpc) is 2.43. The van der Waals surface area contributed by atoms with Gasteiger partial charge in [-0.15, -0.1) is 0 Å². The summed E-state index contributed by atoms with van der Waals surface area (Å²) in [6, 6.07) is 9.99. The van der Waals surface area contributed by atoms with Gasteiger partial charge < -0.3 is 15.8 Å². The Bertz CT molecular complexity index is 618. The van der Waals surface area contributed by atoms with Gasteiger partial charge in [0.2, 0.25) is 0 Å². The number of nitrogens with one attached hydrogen (secondary N) is 1. The predicted octanol–water partition coefficient (Wildman–Crippen LogP) is 5.18. The van der Waals surface area contributed by atoms with Crippen LogP contribution in [0.2, 0.25) is 0 Å². The van der Waals surface area contributed by atoms with Gasteiger partial charge in [0.25, 0.3) is 0 Å². The Morgan fingerprint density at radius 1 is 1.14 bits per heavy atom. The minimum Gasteiger partial charge on any atom is -0.491 e. The second-order valence-electron chi connectivity index (χ2n) is 5.14. The third-order valence-corrected chi connectivity index (χ3v) is 3.70. The van der Waals surface area contributed by atoms with E-state index in [2.05, 4.69) is 54.2 Å². The molecule has 0 unspecified atom stereocenters. The monoisotopic (exact) mass is 348 g/mol. The van der Waals surface area contributed by atoms with E-state index in [9.17, 15) is 0 Å². The number of anilines is 3. The second kappa shape index (κ2) is 6.85. The van der Waals surface area contributed by atoms with Crippen molar-refractivity contribution in [1.82, 2.24) is 0 Å². The number of nitrogen functional groups attached to an aromatic ring is 1. The number of aryl methyl sites for hydroxylation is 2. The lowest BCUT2D eigenvalue weighted by molar-refractivity contribution is 0.319. The molecule has 0 saturated heterocycles. The first-order valence-corrected chi connectivity index (χ1v) is 7.86. The molecule has 0 aromatic heterocycles. The van der Waals surface area contributed by atoms with E-state index in [4.69, 9.17) is 10.5 Å². The van der Waals surface area contributed by atoms with Gasteiger partial charge in [-0.25, -0.2) is 0 Å². The standard InChI is InChI=1S/C17H21BrN2O/c1-4-7-21-16-10-14(5-6-15(16)19)20-17-11(2)8-13(18)9-12(17)3/h5-6,8-10,20H,4,7,19H2,1-3H3. The second-order valence-corrected chi connectivity index (χ2v) is 6.06. The molecule has 2 rings (SSSR count). The highest BCUT2D eigenvalue weighted by Gasteiger charge is 2.07. The summed E-state index contributed by atoms with van der Waals surface area (Å²) >= 11 is 3.52. The van der Waals surface area contributed by atoms with Crippen LogP contribution in [0.25, 0.3) is 0 Å². The van der Waals surface area contributed by atoms with Gasteiger partial charge in [0.1, 0.15) is 5.75 Å². The molecule has 0 aliphatic carbocycles. The van der Waals surface area contributed by atoms with Crippen LogP contribution in [-0.4, -0.2) is 6.61 Å². The Morgan fingerprint density at radius 3 is 2.43 bits per heavy atom. The molecule has 0 aliphatic heterocycles. The first kappa shape index (κ1) is 15.7. The number of ether oxygens (including phenoxy) is 1. The van der Waals surface area contributed by atoms with Crippen LogP contribution in [0, 0.1) is 13.8 Å². The summed E-state index contributed by atoms with van der Waals surface area (Å²) in [4.78, 5) is 0. The normalized spacial score (nSPS) is 10.5. The topological polar surface area (TPSA) is 47.3 Å². The van der Waals surface area contributed by atoms with Crippen LogP contribution in [0.1, 0.15) is 24.5 Å². The van der Waals surface area contributed by atoms with Crippen LogP contribution < -0.4 is 15.8 Å². The molecule has 2 aromatic carbocycles. The number of halogens is 1. The van der Waals surface area contributed by atoms with Crippen LogP contribution in [0.5, 0.6) is 5.75 Å². The average molecular weight is 349 g/mol. The van der Waals surface area contributed by atoms with E-state index in [1.165, 1.54) is 11.1 Å². The molecule has 3 nitrogen and oxygen atoms in total. The van der Waals surface area contributed by atoms with Gasteiger partial charge in [-0.05, 0) is 55.7 Å². The number of hydrogen-bond donors (Lipinski definition) is 2. The molecule has 0 heterocycles. The van der Waals surface area contributed by atoms with Gasteiger partial charge in [-0.3, -0.25) is 0 Å². The van der Waals surface area contributed by atoms with E-state index in [1.54, 1.807) is 0 Å². The summed E-state index contributed by atoms with van der Waals surface area (Å²) in [5, 5.41) is 3.46. The van der Waals surface area contributed by atoms with Gasteiger partial charge in [0.15, 0.2) is 0 Å². The third-order valence-electron chi connectivity index (χ3n) is 3.24. The quantitative estimate of drug-likeness (QED) is 0.731. The lowest BCUT2D eigenvalue weighted by atomic mass is 10.1. The fourth-order valence-electron chi connectivity index (χ4n) is 2.20. The van der Waals surface area contributed by atoms with Crippen LogP contribution >= 0.6 is 15.9 Å². The summed E-state index contributed by atoms with van der Waals surface area (Å²) in [6.45, 7) is 6.93. The third kappa shape index (κ3) is 3.91. The molecule has 3 N–H and O–H groups in total. The fraction of sp³-hybridized carbons (Fsp3) is 0.294. The summed E-state index contributed by atoms with van der Waals surface area (Å²) < 4.78 is 6.76. The van der Waals surface area contributed by atoms with Gasteiger partial charge in [0.05, 0.1) is 12.3 Å². The minimum atomic E-state index is 0.665. The maximum Gasteiger partial charge on any atom is 0.144 e. The van der Waals surface area contributed by atoms with Crippen molar-refractivity contribution in [3.05, 3.63) is 45.9 Å². The van der Waals surface area contributed by atoms with Crippen LogP contribution in [0.15, 0.2) is 34.8 Å². The van der Waals surface area contributed by atoms with Crippen LogP contribution in [0.4, 0.5) is 17.1 Å². The first-order chi connectivity index (χ1) is 10.0. The van der Waals surface area contributed by atoms with Crippen molar-refractivity contribution in [1.29, 1.82) is 0 Å². The zero-order valence-electron chi connectivity index (χ0n) is 12.7. The Kier molecular flexibility index (Phi) is 5.12. The predicted molar refractivity (Wildman–Crippen MR) is 93.5 cm³/mol. The molecular formula is C17H21BrN2O. The SMILES string of the molecule is CCCOc1cc(Nc2c(C)cc(Br)cc2C)ccc1N. The lowest BCUT2D eigenvalue weighted by Crippen LogP contribution is -2.01. The minimum absolute atomic E-state index is 0.665. The Labute approximate surface area is 134 Å². The maximum atomic E-state index is 5.94. The molecule has 0 fully saturated rings. The molecule has 0 spiro atoms. The molecule has 4 heteroatoms. The Balaban J connectivity index is 2.28. The molecule has 112 valence electrons. The van der Waals surface area contributed by atoms with Gasteiger partial charge in [-0.1, -0.05) is 22.9 Å². The van der Waals surface area contributed by atoms with Crippen molar-refractivity contribution >= 4 is 33.0 Å². The van der Waals surface area contributed by atoms with Crippen molar-refractivity contribution in [2.24, 2.45) is 0 Å². The lowest BCUT2D eigenvalue weighted by Gasteiger charge is -2.15. The molecule has 0 amide bonds. The molecule has 0 bridgehead atoms. The molecule has 2 aromatic rings. The highest BCUT2D eigenvalue weighted by molar-refractivity contribution is 9.10. The van der Waals surface area contributed by atoms with Gasteiger partial charge in [0, 0.05) is 21.9 Å². The molecule has 0 saturated carbocycles. The van der Waals surface area contributed by atoms with Crippen LogP contribution in [0.3, 0.4) is 0 Å². The number of nitrogens with two attached hydrogens (primary N) is 1. The van der Waals surface area contributed by atoms with E-state index in [-0.39, 0.29) is 0 Å². The Hall–Kier alpha value is -1.68. The van der Waals surface area contributed by atoms with Crippen molar-refractivity contribution in [2.45, 2.75) is 27.2 Å². The van der Waals surface area contributed by atoms with Gasteiger partial charge >= 0.3 is 0 Å². The zero-order valence-corrected chi connectivity index (χ0v) is 14.3. The van der Waals surface area contributed by atoms with E-state index in [0.717, 1.165) is 28.0 Å².